The summed E-state index contributed by atoms with van der Waals surface area (Å²) in [7, 11) is 0. The monoisotopic (exact) mass is 152 g/mol. The van der Waals surface area contributed by atoms with Crippen LogP contribution in [0.15, 0.2) is 10.2 Å². The Morgan fingerprint density at radius 1 is 1.40 bits per heavy atom. The van der Waals surface area contributed by atoms with Crippen molar-refractivity contribution < 1.29 is 17.9 Å². The Hall–Kier alpha value is -1.27. The molecule has 55 valence electrons. The molecule has 7 heteroatoms. The van der Waals surface area contributed by atoms with E-state index in [0.717, 1.165) is 6.21 Å². The zero-order valence-corrected chi connectivity index (χ0v) is 4.46. The molecule has 1 aliphatic heterocycles. The molecule has 0 fully saturated rings. The van der Waals surface area contributed by atoms with Crippen molar-refractivity contribution in [2.45, 2.75) is 6.36 Å². The maximum atomic E-state index is 11.3. The highest BCUT2D eigenvalue weighted by molar-refractivity contribution is 6.27. The maximum absolute atomic E-state index is 11.3. The Labute approximate surface area is 53.4 Å². The quantitative estimate of drug-likeness (QED) is 0.496. The summed E-state index contributed by atoms with van der Waals surface area (Å²) < 4.78 is 37.2. The Morgan fingerprint density at radius 2 is 2.10 bits per heavy atom. The van der Waals surface area contributed by atoms with Gasteiger partial charge in [0, 0.05) is 0 Å². The molecular weight excluding hydrogens is 151 g/mol. The number of ether oxygens (including phenoxy) is 1. The lowest BCUT2D eigenvalue weighted by molar-refractivity contribution is -0.282. The Kier molecular flexibility index (Phi) is 1.48. The van der Waals surface area contributed by atoms with Gasteiger partial charge in [-0.1, -0.05) is 5.10 Å². The van der Waals surface area contributed by atoms with Crippen molar-refractivity contribution in [1.82, 2.24) is 5.53 Å². The SMILES string of the molecule is FC(F)(F)OC1=N[N]N=C1. The lowest BCUT2D eigenvalue weighted by atomic mass is 10.7. The summed E-state index contributed by atoms with van der Waals surface area (Å²) in [5, 5.41) is 5.92. The average molecular weight is 152 g/mol. The number of hydrogen-bond donors (Lipinski definition) is 0. The van der Waals surface area contributed by atoms with Gasteiger partial charge < -0.3 is 4.74 Å². The first-order valence-electron chi connectivity index (χ1n) is 2.15. The van der Waals surface area contributed by atoms with Crippen molar-refractivity contribution >= 4 is 12.1 Å². The predicted molar refractivity (Wildman–Crippen MR) is 25.2 cm³/mol. The number of alkyl halides is 3. The molecule has 0 unspecified atom stereocenters. The number of rotatable bonds is 0. The van der Waals surface area contributed by atoms with Gasteiger partial charge in [0.1, 0.15) is 6.21 Å². The van der Waals surface area contributed by atoms with Gasteiger partial charge in [0.15, 0.2) is 0 Å². The molecule has 0 aromatic carbocycles. The molecule has 0 saturated heterocycles. The van der Waals surface area contributed by atoms with E-state index in [2.05, 4.69) is 20.5 Å². The highest BCUT2D eigenvalue weighted by Gasteiger charge is 2.33. The van der Waals surface area contributed by atoms with Crippen molar-refractivity contribution in [3.8, 4) is 0 Å². The molecule has 1 heterocycles. The predicted octanol–water partition coefficient (Wildman–Crippen LogP) is 0.440. The molecule has 0 amide bonds. The van der Waals surface area contributed by atoms with Gasteiger partial charge in [0.2, 0.25) is 0 Å². The average Bonchev–Trinajstić information content (AvgIpc) is 2.12. The van der Waals surface area contributed by atoms with Crippen LogP contribution in [-0.2, 0) is 4.74 Å². The van der Waals surface area contributed by atoms with Crippen LogP contribution in [0.5, 0.6) is 0 Å². The van der Waals surface area contributed by atoms with Gasteiger partial charge in [0.25, 0.3) is 5.90 Å². The molecule has 1 aliphatic rings. The van der Waals surface area contributed by atoms with Crippen LogP contribution in [0, 0.1) is 0 Å². The first-order chi connectivity index (χ1) is 4.58. The lowest BCUT2D eigenvalue weighted by Gasteiger charge is -2.03. The lowest BCUT2D eigenvalue weighted by Crippen LogP contribution is -2.19. The van der Waals surface area contributed by atoms with E-state index in [1.54, 1.807) is 0 Å². The minimum atomic E-state index is -4.72. The van der Waals surface area contributed by atoms with Crippen LogP contribution in [-0.4, -0.2) is 18.5 Å². The van der Waals surface area contributed by atoms with Gasteiger partial charge in [0.05, 0.1) is 0 Å². The van der Waals surface area contributed by atoms with Crippen LogP contribution < -0.4 is 5.53 Å². The number of nitrogens with zero attached hydrogens (tertiary/aromatic N) is 3. The molecule has 4 nitrogen and oxygen atoms in total. The van der Waals surface area contributed by atoms with E-state index in [-0.39, 0.29) is 0 Å². The zero-order valence-electron chi connectivity index (χ0n) is 4.46. The summed E-state index contributed by atoms with van der Waals surface area (Å²) in [6.07, 6.45) is -3.95. The molecule has 1 rings (SSSR count). The number of hydrogen-bond acceptors (Lipinski definition) is 3. The molecular formula is C3HF3N3O. The topological polar surface area (TPSA) is 48.0 Å². The largest absolute Gasteiger partial charge is 0.574 e. The molecule has 0 atom stereocenters. The number of halogens is 3. The fourth-order valence-corrected chi connectivity index (χ4v) is 0.336. The minimum absolute atomic E-state index is 0.646. The molecule has 1 radical (unpaired) electrons. The summed E-state index contributed by atoms with van der Waals surface area (Å²) in [6.45, 7) is 0. The van der Waals surface area contributed by atoms with Crippen molar-refractivity contribution in [3.05, 3.63) is 0 Å². The molecule has 10 heavy (non-hydrogen) atoms. The van der Waals surface area contributed by atoms with Crippen molar-refractivity contribution in [1.29, 1.82) is 0 Å². The third kappa shape index (κ3) is 1.92. The summed E-state index contributed by atoms with van der Waals surface area (Å²) in [4.78, 5) is 0. The van der Waals surface area contributed by atoms with Gasteiger partial charge >= 0.3 is 6.36 Å². The minimum Gasteiger partial charge on any atom is -0.384 e. The van der Waals surface area contributed by atoms with Gasteiger partial charge in [-0.15, -0.1) is 18.3 Å². The molecule has 0 aliphatic carbocycles. The second-order valence-corrected chi connectivity index (χ2v) is 1.32. The van der Waals surface area contributed by atoms with Gasteiger partial charge in [-0.2, -0.15) is 0 Å². The molecule has 0 N–H and O–H groups in total. The van der Waals surface area contributed by atoms with Crippen molar-refractivity contribution in [2.75, 3.05) is 0 Å². The molecule has 0 saturated carbocycles. The highest BCUT2D eigenvalue weighted by atomic mass is 19.4. The second kappa shape index (κ2) is 2.16. The fraction of sp³-hybridized carbons (Fsp3) is 0.333. The summed E-state index contributed by atoms with van der Waals surface area (Å²) in [6, 6.07) is 0. The van der Waals surface area contributed by atoms with E-state index in [4.69, 9.17) is 0 Å². The van der Waals surface area contributed by atoms with E-state index in [1.165, 1.54) is 0 Å². The van der Waals surface area contributed by atoms with E-state index < -0.39 is 12.3 Å². The standard InChI is InChI=1S/C3HF3N3O/c4-3(5,6)10-2-1-7-9-8-2/h1H. The van der Waals surface area contributed by atoms with E-state index in [1.807, 2.05) is 0 Å². The Balaban J connectivity index is 2.46. The van der Waals surface area contributed by atoms with E-state index in [0.29, 0.717) is 0 Å². The van der Waals surface area contributed by atoms with Gasteiger partial charge in [-0.05, 0) is 5.53 Å². The Morgan fingerprint density at radius 3 is 2.50 bits per heavy atom. The van der Waals surface area contributed by atoms with Crippen LogP contribution >= 0.6 is 0 Å². The molecule has 0 bridgehead atoms. The maximum Gasteiger partial charge on any atom is 0.574 e. The van der Waals surface area contributed by atoms with Crippen LogP contribution in [0.3, 0.4) is 0 Å². The normalized spacial score (nSPS) is 16.5. The van der Waals surface area contributed by atoms with Crippen LogP contribution in [0.4, 0.5) is 13.2 Å². The van der Waals surface area contributed by atoms with Crippen LogP contribution in [0.25, 0.3) is 0 Å². The molecule has 0 spiro atoms. The zero-order chi connectivity index (χ0) is 7.61. The van der Waals surface area contributed by atoms with Crippen molar-refractivity contribution in [3.63, 3.8) is 0 Å². The van der Waals surface area contributed by atoms with Crippen LogP contribution in [0.1, 0.15) is 0 Å². The van der Waals surface area contributed by atoms with Gasteiger partial charge in [-0.25, -0.2) is 0 Å². The van der Waals surface area contributed by atoms with Crippen LogP contribution in [0.2, 0.25) is 0 Å². The summed E-state index contributed by atoms with van der Waals surface area (Å²) >= 11 is 0. The molecule has 0 aromatic rings. The summed E-state index contributed by atoms with van der Waals surface area (Å²) in [5.41, 5.74) is 2.88. The smallest absolute Gasteiger partial charge is 0.384 e. The Bertz CT molecular complexity index is 184. The fourth-order valence-electron chi connectivity index (χ4n) is 0.336. The van der Waals surface area contributed by atoms with Gasteiger partial charge in [-0.3, -0.25) is 0 Å². The van der Waals surface area contributed by atoms with E-state index >= 15 is 0 Å². The van der Waals surface area contributed by atoms with Crippen molar-refractivity contribution in [2.24, 2.45) is 10.2 Å². The third-order valence-corrected chi connectivity index (χ3v) is 0.583. The third-order valence-electron chi connectivity index (χ3n) is 0.583. The molecule has 0 aromatic heterocycles. The van der Waals surface area contributed by atoms with E-state index in [9.17, 15) is 13.2 Å². The summed E-state index contributed by atoms with van der Waals surface area (Å²) in [5.74, 6) is -0.646. The first kappa shape index (κ1) is 6.84. The highest BCUT2D eigenvalue weighted by Crippen LogP contribution is 2.16. The first-order valence-corrected chi connectivity index (χ1v) is 2.15. The second-order valence-electron chi connectivity index (χ2n) is 1.32.